The number of likely N-dealkylation sites (N-methyl/N-ethyl adjacent to an activating group) is 1. The van der Waals surface area contributed by atoms with Crippen molar-refractivity contribution in [1.82, 2.24) is 9.80 Å². The van der Waals surface area contributed by atoms with Crippen LogP contribution in [-0.2, 0) is 20.7 Å². The van der Waals surface area contributed by atoms with Crippen molar-refractivity contribution in [2.75, 3.05) is 20.1 Å². The van der Waals surface area contributed by atoms with Crippen LogP contribution in [0.4, 0.5) is 10.5 Å². The number of nitro groups is 1. The summed E-state index contributed by atoms with van der Waals surface area (Å²) in [6, 6.07) is 18.3. The summed E-state index contributed by atoms with van der Waals surface area (Å²) in [5.41, 5.74) is 1.52. The molecule has 2 unspecified atom stereocenters. The zero-order valence-electron chi connectivity index (χ0n) is 23.6. The topological polar surface area (TPSA) is 122 Å². The molecule has 3 aromatic rings. The highest BCUT2D eigenvalue weighted by molar-refractivity contribution is 6.08. The SMILES string of the molecule is CC1=NC(=O)N(CCCN(C)C(=O)Cc2cccc3ccccc23)C(c2cccc([N+](=O)[O-])c2)C1C(=O)OC(C)C. The molecule has 3 amide bonds. The first kappa shape index (κ1) is 29.4. The largest absolute Gasteiger partial charge is 0.462 e. The van der Waals surface area contributed by atoms with Crippen molar-refractivity contribution in [2.45, 2.75) is 45.8 Å². The fourth-order valence-corrected chi connectivity index (χ4v) is 5.19. The maximum Gasteiger partial charge on any atom is 0.344 e. The molecule has 0 aromatic heterocycles. The van der Waals surface area contributed by atoms with Crippen LogP contribution in [0.1, 0.15) is 44.4 Å². The van der Waals surface area contributed by atoms with Crippen LogP contribution in [-0.4, -0.2) is 64.6 Å². The molecule has 1 heterocycles. The molecule has 214 valence electrons. The number of ether oxygens (including phenoxy) is 1. The fourth-order valence-electron chi connectivity index (χ4n) is 5.19. The Balaban J connectivity index is 1.52. The molecule has 1 aliphatic rings. The van der Waals surface area contributed by atoms with E-state index in [0.29, 0.717) is 18.5 Å². The van der Waals surface area contributed by atoms with Crippen LogP contribution in [0.15, 0.2) is 71.7 Å². The lowest BCUT2D eigenvalue weighted by atomic mass is 9.86. The quantitative estimate of drug-likeness (QED) is 0.188. The average Bonchev–Trinajstić information content (AvgIpc) is 2.93. The van der Waals surface area contributed by atoms with E-state index in [1.54, 1.807) is 38.8 Å². The van der Waals surface area contributed by atoms with Crippen molar-refractivity contribution in [2.24, 2.45) is 10.9 Å². The molecule has 0 N–H and O–H groups in total. The van der Waals surface area contributed by atoms with Crippen molar-refractivity contribution in [3.63, 3.8) is 0 Å². The van der Waals surface area contributed by atoms with E-state index in [4.69, 9.17) is 4.74 Å². The Morgan fingerprint density at radius 3 is 2.54 bits per heavy atom. The number of non-ortho nitro benzene ring substituents is 1. The lowest BCUT2D eigenvalue weighted by molar-refractivity contribution is -0.385. The summed E-state index contributed by atoms with van der Waals surface area (Å²) in [4.78, 5) is 57.6. The van der Waals surface area contributed by atoms with Crippen LogP contribution < -0.4 is 0 Å². The first-order valence-electron chi connectivity index (χ1n) is 13.6. The van der Waals surface area contributed by atoms with Gasteiger partial charge in [0, 0.05) is 38.0 Å². The molecule has 2 atom stereocenters. The average molecular weight is 559 g/mol. The van der Waals surface area contributed by atoms with Crippen LogP contribution in [0.3, 0.4) is 0 Å². The van der Waals surface area contributed by atoms with Crippen molar-refractivity contribution >= 4 is 40.1 Å². The molecule has 0 radical (unpaired) electrons. The van der Waals surface area contributed by atoms with Crippen molar-refractivity contribution < 1.29 is 24.0 Å². The molecule has 3 aromatic carbocycles. The molecular weight excluding hydrogens is 524 g/mol. The minimum Gasteiger partial charge on any atom is -0.462 e. The van der Waals surface area contributed by atoms with Gasteiger partial charge in [0.25, 0.3) is 5.69 Å². The number of urea groups is 1. The van der Waals surface area contributed by atoms with E-state index in [1.165, 1.54) is 23.1 Å². The highest BCUT2D eigenvalue weighted by atomic mass is 16.6. The molecule has 41 heavy (non-hydrogen) atoms. The number of aliphatic imine (C=N–C) groups is 1. The molecule has 0 spiro atoms. The third-order valence-corrected chi connectivity index (χ3v) is 7.19. The second-order valence-corrected chi connectivity index (χ2v) is 10.5. The zero-order chi connectivity index (χ0) is 29.7. The summed E-state index contributed by atoms with van der Waals surface area (Å²) in [6.07, 6.45) is 0.257. The van der Waals surface area contributed by atoms with E-state index in [2.05, 4.69) is 4.99 Å². The predicted octanol–water partition coefficient (Wildman–Crippen LogP) is 5.34. The fraction of sp³-hybridized carbons (Fsp3) is 0.355. The summed E-state index contributed by atoms with van der Waals surface area (Å²) in [5, 5.41) is 13.6. The molecule has 0 bridgehead atoms. The van der Waals surface area contributed by atoms with E-state index < -0.39 is 35.0 Å². The van der Waals surface area contributed by atoms with Gasteiger partial charge in [-0.2, -0.15) is 0 Å². The molecule has 0 fully saturated rings. The number of esters is 1. The van der Waals surface area contributed by atoms with Gasteiger partial charge in [0.2, 0.25) is 5.91 Å². The maximum absolute atomic E-state index is 13.2. The Kier molecular flexibility index (Phi) is 9.11. The third-order valence-electron chi connectivity index (χ3n) is 7.19. The van der Waals surface area contributed by atoms with Gasteiger partial charge in [0.1, 0.15) is 5.92 Å². The van der Waals surface area contributed by atoms with E-state index in [9.17, 15) is 24.5 Å². The van der Waals surface area contributed by atoms with Crippen LogP contribution in [0.5, 0.6) is 0 Å². The van der Waals surface area contributed by atoms with Gasteiger partial charge < -0.3 is 14.5 Å². The molecule has 10 heteroatoms. The van der Waals surface area contributed by atoms with Gasteiger partial charge in [-0.05, 0) is 49.1 Å². The number of nitrogens with zero attached hydrogens (tertiary/aromatic N) is 4. The highest BCUT2D eigenvalue weighted by Gasteiger charge is 2.43. The number of carbonyl (C=O) groups is 3. The predicted molar refractivity (Wildman–Crippen MR) is 156 cm³/mol. The van der Waals surface area contributed by atoms with Crippen molar-refractivity contribution in [3.8, 4) is 0 Å². The third kappa shape index (κ3) is 6.77. The lowest BCUT2D eigenvalue weighted by Crippen LogP contribution is -2.48. The normalized spacial score (nSPS) is 17.0. The number of carbonyl (C=O) groups excluding carboxylic acids is 3. The molecule has 4 rings (SSSR count). The number of amides is 3. The summed E-state index contributed by atoms with van der Waals surface area (Å²) in [6.45, 7) is 5.58. The summed E-state index contributed by atoms with van der Waals surface area (Å²) in [5.74, 6) is -1.55. The molecule has 0 saturated heterocycles. The second-order valence-electron chi connectivity index (χ2n) is 10.5. The number of hydrogen-bond donors (Lipinski definition) is 0. The smallest absolute Gasteiger partial charge is 0.344 e. The number of fused-ring (bicyclic) bond motifs is 1. The zero-order valence-corrected chi connectivity index (χ0v) is 23.6. The number of rotatable bonds is 10. The minimum absolute atomic E-state index is 0.0613. The lowest BCUT2D eigenvalue weighted by Gasteiger charge is -2.39. The van der Waals surface area contributed by atoms with Gasteiger partial charge in [-0.25, -0.2) is 9.79 Å². The molecule has 0 aliphatic carbocycles. The monoisotopic (exact) mass is 558 g/mol. The first-order chi connectivity index (χ1) is 19.6. The van der Waals surface area contributed by atoms with E-state index in [1.807, 2.05) is 42.5 Å². The molecule has 10 nitrogen and oxygen atoms in total. The first-order valence-corrected chi connectivity index (χ1v) is 13.6. The van der Waals surface area contributed by atoms with Crippen LogP contribution >= 0.6 is 0 Å². The summed E-state index contributed by atoms with van der Waals surface area (Å²) < 4.78 is 5.49. The number of nitro benzene ring substituents is 1. The van der Waals surface area contributed by atoms with E-state index in [-0.39, 0.29) is 30.3 Å². The number of benzene rings is 3. The molecular formula is C31H34N4O6. The van der Waals surface area contributed by atoms with Crippen LogP contribution in [0.2, 0.25) is 0 Å². The van der Waals surface area contributed by atoms with Gasteiger partial charge in [-0.15, -0.1) is 0 Å². The second kappa shape index (κ2) is 12.7. The van der Waals surface area contributed by atoms with Gasteiger partial charge in [-0.1, -0.05) is 54.6 Å². The van der Waals surface area contributed by atoms with Crippen molar-refractivity contribution in [1.29, 1.82) is 0 Å². The number of hydrogen-bond acceptors (Lipinski definition) is 6. The van der Waals surface area contributed by atoms with E-state index >= 15 is 0 Å². The van der Waals surface area contributed by atoms with Gasteiger partial charge >= 0.3 is 12.0 Å². The minimum atomic E-state index is -0.928. The van der Waals surface area contributed by atoms with Gasteiger partial charge in [0.05, 0.1) is 23.5 Å². The highest BCUT2D eigenvalue weighted by Crippen LogP contribution is 2.36. The summed E-state index contributed by atoms with van der Waals surface area (Å²) >= 11 is 0. The Morgan fingerprint density at radius 1 is 1.10 bits per heavy atom. The Bertz CT molecular complexity index is 1500. The maximum atomic E-state index is 13.2. The van der Waals surface area contributed by atoms with Crippen LogP contribution in [0, 0.1) is 16.0 Å². The standard InChI is InChI=1S/C31H34N4O6/c1-20(2)41-30(37)28-21(3)32-31(38)34(29(28)24-13-8-14-25(18-24)35(39)40)17-9-16-33(4)27(36)19-23-12-7-11-22-10-5-6-15-26(22)23/h5-8,10-15,18,20,28-29H,9,16-17,19H2,1-4H3. The van der Waals surface area contributed by atoms with Crippen LogP contribution in [0.25, 0.3) is 10.8 Å². The Morgan fingerprint density at radius 2 is 1.80 bits per heavy atom. The van der Waals surface area contributed by atoms with E-state index in [0.717, 1.165) is 16.3 Å². The van der Waals surface area contributed by atoms with Gasteiger partial charge in [0.15, 0.2) is 0 Å². The summed E-state index contributed by atoms with van der Waals surface area (Å²) in [7, 11) is 1.72. The van der Waals surface area contributed by atoms with Crippen molar-refractivity contribution in [3.05, 3.63) is 88.0 Å². The van der Waals surface area contributed by atoms with Gasteiger partial charge in [-0.3, -0.25) is 19.7 Å². The molecule has 1 aliphatic heterocycles. The molecule has 0 saturated carbocycles. The Labute approximate surface area is 238 Å². The Hall–Kier alpha value is -4.60.